The third-order valence-corrected chi connectivity index (χ3v) is 6.77. The molecule has 1 aliphatic rings. The Morgan fingerprint density at radius 3 is 2.35 bits per heavy atom. The Bertz CT molecular complexity index is 1210. The van der Waals surface area contributed by atoms with Crippen LogP contribution >= 0.6 is 0 Å². The van der Waals surface area contributed by atoms with E-state index in [-0.39, 0.29) is 24.4 Å². The summed E-state index contributed by atoms with van der Waals surface area (Å²) in [5, 5.41) is 8.88. The van der Waals surface area contributed by atoms with Gasteiger partial charge in [-0.05, 0) is 75.2 Å². The molecule has 0 unspecified atom stereocenters. The van der Waals surface area contributed by atoms with Crippen LogP contribution in [0.15, 0.2) is 60.7 Å². The van der Waals surface area contributed by atoms with Gasteiger partial charge in [-0.2, -0.15) is 0 Å². The number of aryl methyl sites for hydroxylation is 1. The standard InChI is InChI=1S/C29H35N5O3/c1-21(2)34(29(36)25-9-6-5-8-22(25)3)20-28(35)33-17-7-16-32(18-19-33)27-15-14-26(30-31-27)23-10-12-24(37-4)13-11-23/h5-6,8-15,21H,7,16-20H2,1-4H3. The molecule has 1 aromatic heterocycles. The van der Waals surface area contributed by atoms with E-state index >= 15 is 0 Å². The molecule has 8 nitrogen and oxygen atoms in total. The molecular formula is C29H35N5O3. The second-order valence-electron chi connectivity index (χ2n) is 9.57. The van der Waals surface area contributed by atoms with Crippen LogP contribution in [0.5, 0.6) is 5.75 Å². The van der Waals surface area contributed by atoms with Gasteiger partial charge in [0.1, 0.15) is 12.3 Å². The Kier molecular flexibility index (Phi) is 8.38. The summed E-state index contributed by atoms with van der Waals surface area (Å²) in [4.78, 5) is 32.2. The molecule has 8 heteroatoms. The van der Waals surface area contributed by atoms with Crippen LogP contribution in [0, 0.1) is 6.92 Å². The number of amides is 2. The lowest BCUT2D eigenvalue weighted by atomic mass is 10.1. The molecular weight excluding hydrogens is 466 g/mol. The van der Waals surface area contributed by atoms with Crippen LogP contribution in [0.2, 0.25) is 0 Å². The molecule has 0 spiro atoms. The van der Waals surface area contributed by atoms with Gasteiger partial charge in [0.05, 0.1) is 12.8 Å². The number of benzene rings is 2. The molecule has 0 aliphatic carbocycles. The van der Waals surface area contributed by atoms with Crippen LogP contribution in [-0.4, -0.2) is 77.7 Å². The van der Waals surface area contributed by atoms with Gasteiger partial charge in [0, 0.05) is 43.3 Å². The number of rotatable bonds is 7. The van der Waals surface area contributed by atoms with Crippen molar-refractivity contribution >= 4 is 17.6 Å². The zero-order valence-electron chi connectivity index (χ0n) is 22.1. The maximum atomic E-state index is 13.3. The highest BCUT2D eigenvalue weighted by Gasteiger charge is 2.26. The van der Waals surface area contributed by atoms with Gasteiger partial charge in [0.25, 0.3) is 5.91 Å². The van der Waals surface area contributed by atoms with E-state index in [1.807, 2.05) is 86.3 Å². The smallest absolute Gasteiger partial charge is 0.254 e. The first-order chi connectivity index (χ1) is 17.9. The first-order valence-corrected chi connectivity index (χ1v) is 12.7. The predicted octanol–water partition coefficient (Wildman–Crippen LogP) is 4.05. The predicted molar refractivity (Wildman–Crippen MR) is 145 cm³/mol. The van der Waals surface area contributed by atoms with E-state index in [9.17, 15) is 9.59 Å². The van der Waals surface area contributed by atoms with Crippen molar-refractivity contribution in [2.45, 2.75) is 33.2 Å². The summed E-state index contributed by atoms with van der Waals surface area (Å²) in [5.41, 5.74) is 3.32. The topological polar surface area (TPSA) is 78.9 Å². The van der Waals surface area contributed by atoms with E-state index in [1.165, 1.54) is 0 Å². The van der Waals surface area contributed by atoms with E-state index in [4.69, 9.17) is 4.74 Å². The Hall–Kier alpha value is -3.94. The Labute approximate surface area is 218 Å². The normalized spacial score (nSPS) is 13.9. The zero-order valence-corrected chi connectivity index (χ0v) is 22.1. The fraction of sp³-hybridized carbons (Fsp3) is 0.379. The molecule has 37 heavy (non-hydrogen) atoms. The summed E-state index contributed by atoms with van der Waals surface area (Å²) >= 11 is 0. The molecule has 0 N–H and O–H groups in total. The number of hydrogen-bond donors (Lipinski definition) is 0. The van der Waals surface area contributed by atoms with Crippen molar-refractivity contribution in [3.05, 3.63) is 71.8 Å². The lowest BCUT2D eigenvalue weighted by Gasteiger charge is -2.30. The molecule has 2 amide bonds. The summed E-state index contributed by atoms with van der Waals surface area (Å²) in [6.07, 6.45) is 0.821. The van der Waals surface area contributed by atoms with Crippen LogP contribution in [0.25, 0.3) is 11.3 Å². The molecule has 1 saturated heterocycles. The number of aromatic nitrogens is 2. The van der Waals surface area contributed by atoms with Crippen molar-refractivity contribution in [1.29, 1.82) is 0 Å². The quantitative estimate of drug-likeness (QED) is 0.486. The average molecular weight is 502 g/mol. The van der Waals surface area contributed by atoms with Crippen molar-refractivity contribution < 1.29 is 14.3 Å². The molecule has 1 aliphatic heterocycles. The maximum Gasteiger partial charge on any atom is 0.254 e. The van der Waals surface area contributed by atoms with Gasteiger partial charge in [-0.25, -0.2) is 0 Å². The van der Waals surface area contributed by atoms with Crippen molar-refractivity contribution in [3.8, 4) is 17.0 Å². The molecule has 4 rings (SSSR count). The Morgan fingerprint density at radius 2 is 1.70 bits per heavy atom. The first-order valence-electron chi connectivity index (χ1n) is 12.7. The molecule has 3 aromatic rings. The maximum absolute atomic E-state index is 13.3. The number of carbonyl (C=O) groups is 2. The second kappa shape index (κ2) is 11.9. The Morgan fingerprint density at radius 1 is 0.946 bits per heavy atom. The van der Waals surface area contributed by atoms with E-state index in [1.54, 1.807) is 12.0 Å². The highest BCUT2D eigenvalue weighted by atomic mass is 16.5. The summed E-state index contributed by atoms with van der Waals surface area (Å²) in [7, 11) is 1.64. The fourth-order valence-electron chi connectivity index (χ4n) is 4.51. The first kappa shape index (κ1) is 26.1. The van der Waals surface area contributed by atoms with Gasteiger partial charge in [-0.3, -0.25) is 9.59 Å². The van der Waals surface area contributed by atoms with Crippen LogP contribution in [0.3, 0.4) is 0 Å². The van der Waals surface area contributed by atoms with E-state index in [0.717, 1.165) is 41.4 Å². The summed E-state index contributed by atoms with van der Waals surface area (Å²) in [6.45, 7) is 8.56. The molecule has 0 radical (unpaired) electrons. The van der Waals surface area contributed by atoms with E-state index in [2.05, 4.69) is 15.1 Å². The van der Waals surface area contributed by atoms with Crippen LogP contribution in [0.1, 0.15) is 36.2 Å². The highest BCUT2D eigenvalue weighted by molar-refractivity contribution is 5.97. The SMILES string of the molecule is COc1ccc(-c2ccc(N3CCCN(C(=O)CN(C(=O)c4ccccc4C)C(C)C)CC3)nn2)cc1. The van der Waals surface area contributed by atoms with Gasteiger partial charge in [-0.1, -0.05) is 18.2 Å². The van der Waals surface area contributed by atoms with Crippen LogP contribution in [-0.2, 0) is 4.79 Å². The number of nitrogens with zero attached hydrogens (tertiary/aromatic N) is 5. The zero-order chi connectivity index (χ0) is 26.4. The number of anilines is 1. The minimum atomic E-state index is -0.106. The number of ether oxygens (including phenoxy) is 1. The summed E-state index contributed by atoms with van der Waals surface area (Å²) in [5.74, 6) is 1.46. The minimum Gasteiger partial charge on any atom is -0.497 e. The molecule has 1 fully saturated rings. The lowest BCUT2D eigenvalue weighted by Crippen LogP contribution is -2.47. The number of methoxy groups -OCH3 is 1. The highest BCUT2D eigenvalue weighted by Crippen LogP contribution is 2.22. The van der Waals surface area contributed by atoms with Crippen LogP contribution in [0.4, 0.5) is 5.82 Å². The number of carbonyl (C=O) groups excluding carboxylic acids is 2. The Balaban J connectivity index is 1.38. The molecule has 0 saturated carbocycles. The van der Waals surface area contributed by atoms with Crippen molar-refractivity contribution in [3.63, 3.8) is 0 Å². The molecule has 2 aromatic carbocycles. The van der Waals surface area contributed by atoms with Crippen molar-refractivity contribution in [2.75, 3.05) is 44.7 Å². The van der Waals surface area contributed by atoms with Gasteiger partial charge >= 0.3 is 0 Å². The van der Waals surface area contributed by atoms with Crippen molar-refractivity contribution in [1.82, 2.24) is 20.0 Å². The largest absolute Gasteiger partial charge is 0.497 e. The fourth-order valence-corrected chi connectivity index (χ4v) is 4.51. The third-order valence-electron chi connectivity index (χ3n) is 6.77. The third kappa shape index (κ3) is 6.25. The minimum absolute atomic E-state index is 0.0292. The van der Waals surface area contributed by atoms with E-state index < -0.39 is 0 Å². The lowest BCUT2D eigenvalue weighted by molar-refractivity contribution is -0.132. The summed E-state index contributed by atoms with van der Waals surface area (Å²) < 4.78 is 5.22. The molecule has 0 bridgehead atoms. The number of hydrogen-bond acceptors (Lipinski definition) is 6. The molecule has 0 atom stereocenters. The molecule has 2 heterocycles. The van der Waals surface area contributed by atoms with Gasteiger partial charge < -0.3 is 19.4 Å². The van der Waals surface area contributed by atoms with Gasteiger partial charge in [-0.15, -0.1) is 10.2 Å². The van der Waals surface area contributed by atoms with Crippen LogP contribution < -0.4 is 9.64 Å². The second-order valence-corrected chi connectivity index (χ2v) is 9.57. The van der Waals surface area contributed by atoms with Gasteiger partial charge in [0.15, 0.2) is 5.82 Å². The van der Waals surface area contributed by atoms with E-state index in [0.29, 0.717) is 25.2 Å². The average Bonchev–Trinajstić information content (AvgIpc) is 3.18. The van der Waals surface area contributed by atoms with Gasteiger partial charge in [0.2, 0.25) is 5.91 Å². The molecule has 194 valence electrons. The monoisotopic (exact) mass is 501 g/mol. The summed E-state index contributed by atoms with van der Waals surface area (Å²) in [6, 6.07) is 19.1. The van der Waals surface area contributed by atoms with Crippen molar-refractivity contribution in [2.24, 2.45) is 0 Å².